The van der Waals surface area contributed by atoms with Crippen LogP contribution in [0.15, 0.2) is 18.2 Å². The van der Waals surface area contributed by atoms with Crippen molar-refractivity contribution in [3.63, 3.8) is 0 Å². The summed E-state index contributed by atoms with van der Waals surface area (Å²) in [5, 5.41) is 3.62. The second-order valence-electron chi connectivity index (χ2n) is 7.29. The molecule has 1 N–H and O–H groups in total. The third-order valence-electron chi connectivity index (χ3n) is 5.05. The summed E-state index contributed by atoms with van der Waals surface area (Å²) in [6, 6.07) is 7.43. The maximum atomic E-state index is 6.42. The van der Waals surface area contributed by atoms with Crippen molar-refractivity contribution in [3.05, 3.63) is 29.3 Å². The molecule has 1 aromatic rings. The van der Waals surface area contributed by atoms with Crippen LogP contribution in [0.3, 0.4) is 0 Å². The van der Waals surface area contributed by atoms with E-state index in [0.29, 0.717) is 5.92 Å². The molecule has 0 unspecified atom stereocenters. The minimum atomic E-state index is 0.105. The van der Waals surface area contributed by atoms with Crippen molar-refractivity contribution in [2.45, 2.75) is 76.9 Å². The second kappa shape index (κ2) is 6.00. The van der Waals surface area contributed by atoms with Gasteiger partial charge in [0.2, 0.25) is 0 Å². The summed E-state index contributed by atoms with van der Waals surface area (Å²) in [6.07, 6.45) is 7.61. The van der Waals surface area contributed by atoms with Gasteiger partial charge in [0.15, 0.2) is 0 Å². The molecule has 116 valence electrons. The maximum Gasteiger partial charge on any atom is 0.120 e. The van der Waals surface area contributed by atoms with Gasteiger partial charge >= 0.3 is 0 Å². The molecule has 2 aliphatic carbocycles. The van der Waals surface area contributed by atoms with E-state index in [-0.39, 0.29) is 5.60 Å². The van der Waals surface area contributed by atoms with Crippen LogP contribution in [0.4, 0.5) is 0 Å². The first-order valence-electron chi connectivity index (χ1n) is 8.61. The molecule has 1 aromatic carbocycles. The highest BCUT2D eigenvalue weighted by Crippen LogP contribution is 2.40. The number of ether oxygens (including phenoxy) is 1. The maximum absolute atomic E-state index is 6.42. The van der Waals surface area contributed by atoms with Gasteiger partial charge < -0.3 is 10.1 Å². The van der Waals surface area contributed by atoms with E-state index < -0.39 is 0 Å². The summed E-state index contributed by atoms with van der Waals surface area (Å²) in [6.45, 7) is 7.80. The van der Waals surface area contributed by atoms with E-state index in [1.165, 1.54) is 43.2 Å². The Bertz CT molecular complexity index is 486. The summed E-state index contributed by atoms with van der Waals surface area (Å²) < 4.78 is 6.42. The lowest BCUT2D eigenvalue weighted by atomic mass is 9.77. The lowest BCUT2D eigenvalue weighted by molar-refractivity contribution is -0.0143. The van der Waals surface area contributed by atoms with Crippen LogP contribution < -0.4 is 10.1 Å². The third kappa shape index (κ3) is 3.60. The van der Waals surface area contributed by atoms with Crippen molar-refractivity contribution >= 4 is 0 Å². The molecule has 0 amide bonds. The minimum absolute atomic E-state index is 0.105. The summed E-state index contributed by atoms with van der Waals surface area (Å²) in [4.78, 5) is 0. The van der Waals surface area contributed by atoms with Crippen molar-refractivity contribution < 1.29 is 4.74 Å². The molecule has 0 radical (unpaired) electrons. The lowest BCUT2D eigenvalue weighted by Gasteiger charge is -2.42. The Kier molecular flexibility index (Phi) is 4.26. The summed E-state index contributed by atoms with van der Waals surface area (Å²) in [5.41, 5.74) is 2.89. The van der Waals surface area contributed by atoms with Gasteiger partial charge in [-0.3, -0.25) is 0 Å². The quantitative estimate of drug-likeness (QED) is 0.793. The topological polar surface area (TPSA) is 21.3 Å². The fourth-order valence-electron chi connectivity index (χ4n) is 3.38. The van der Waals surface area contributed by atoms with Crippen LogP contribution in [0.2, 0.25) is 0 Å². The van der Waals surface area contributed by atoms with Crippen molar-refractivity contribution in [1.82, 2.24) is 5.32 Å². The second-order valence-corrected chi connectivity index (χ2v) is 7.29. The number of nitrogens with one attached hydrogen (secondary N) is 1. The molecule has 0 atom stereocenters. The van der Waals surface area contributed by atoms with Gasteiger partial charge in [0.05, 0.1) is 0 Å². The SMILES string of the molecule is Cc1cc(OC2(CCNC3CC3)CCC2)ccc1C(C)C. The molecule has 2 saturated carbocycles. The Balaban J connectivity index is 1.61. The van der Waals surface area contributed by atoms with Gasteiger partial charge in [-0.15, -0.1) is 0 Å². The molecule has 0 aromatic heterocycles. The predicted molar refractivity (Wildman–Crippen MR) is 88.1 cm³/mol. The van der Waals surface area contributed by atoms with Crippen LogP contribution >= 0.6 is 0 Å². The van der Waals surface area contributed by atoms with E-state index in [9.17, 15) is 0 Å². The lowest BCUT2D eigenvalue weighted by Crippen LogP contribution is -2.45. The smallest absolute Gasteiger partial charge is 0.120 e. The molecule has 21 heavy (non-hydrogen) atoms. The molecule has 2 fully saturated rings. The normalized spacial score (nSPS) is 20.4. The molecule has 2 heteroatoms. The molecular formula is C19H29NO. The van der Waals surface area contributed by atoms with Crippen LogP contribution in [0.1, 0.15) is 69.4 Å². The first-order chi connectivity index (χ1) is 10.1. The van der Waals surface area contributed by atoms with Crippen LogP contribution in [0.5, 0.6) is 5.75 Å². The molecule has 0 heterocycles. The van der Waals surface area contributed by atoms with Crippen LogP contribution in [0, 0.1) is 6.92 Å². The molecule has 2 aliphatic rings. The van der Waals surface area contributed by atoms with E-state index >= 15 is 0 Å². The van der Waals surface area contributed by atoms with Crippen LogP contribution in [0.25, 0.3) is 0 Å². The van der Waals surface area contributed by atoms with Gasteiger partial charge in [0, 0.05) is 6.04 Å². The zero-order chi connectivity index (χ0) is 14.9. The molecule has 0 saturated heterocycles. The standard InChI is InChI=1S/C19H29NO/c1-14(2)18-8-7-17(13-15(18)3)21-19(9-4-10-19)11-12-20-16-5-6-16/h7-8,13-14,16,20H,4-6,9-12H2,1-3H3. The van der Waals surface area contributed by atoms with Crippen molar-refractivity contribution in [1.29, 1.82) is 0 Å². The first kappa shape index (κ1) is 14.9. The highest BCUT2D eigenvalue weighted by molar-refractivity contribution is 5.37. The van der Waals surface area contributed by atoms with E-state index in [2.05, 4.69) is 44.3 Å². The van der Waals surface area contributed by atoms with Gasteiger partial charge in [0.25, 0.3) is 0 Å². The van der Waals surface area contributed by atoms with Gasteiger partial charge in [-0.1, -0.05) is 19.9 Å². The van der Waals surface area contributed by atoms with Crippen molar-refractivity contribution in [3.8, 4) is 5.75 Å². The van der Waals surface area contributed by atoms with E-state index in [0.717, 1.165) is 24.8 Å². The fraction of sp³-hybridized carbons (Fsp3) is 0.684. The number of hydrogen-bond acceptors (Lipinski definition) is 2. The van der Waals surface area contributed by atoms with Gasteiger partial charge in [-0.25, -0.2) is 0 Å². The summed E-state index contributed by atoms with van der Waals surface area (Å²) in [7, 11) is 0. The Hall–Kier alpha value is -1.02. The summed E-state index contributed by atoms with van der Waals surface area (Å²) >= 11 is 0. The summed E-state index contributed by atoms with van der Waals surface area (Å²) in [5.74, 6) is 1.64. The van der Waals surface area contributed by atoms with Gasteiger partial charge in [-0.2, -0.15) is 0 Å². The highest BCUT2D eigenvalue weighted by Gasteiger charge is 2.39. The molecule has 0 bridgehead atoms. The predicted octanol–water partition coefficient (Wildman–Crippen LogP) is 4.56. The number of benzene rings is 1. The third-order valence-corrected chi connectivity index (χ3v) is 5.05. The Morgan fingerprint density at radius 1 is 1.29 bits per heavy atom. The first-order valence-corrected chi connectivity index (χ1v) is 8.61. The number of aryl methyl sites for hydroxylation is 1. The minimum Gasteiger partial charge on any atom is -0.487 e. The van der Waals surface area contributed by atoms with Crippen molar-refractivity contribution in [2.24, 2.45) is 0 Å². The van der Waals surface area contributed by atoms with Crippen LogP contribution in [-0.4, -0.2) is 18.2 Å². The number of rotatable bonds is 7. The molecular weight excluding hydrogens is 258 g/mol. The largest absolute Gasteiger partial charge is 0.487 e. The average molecular weight is 287 g/mol. The fourth-order valence-corrected chi connectivity index (χ4v) is 3.38. The zero-order valence-corrected chi connectivity index (χ0v) is 13.7. The number of hydrogen-bond donors (Lipinski definition) is 1. The van der Waals surface area contributed by atoms with E-state index in [1.54, 1.807) is 0 Å². The van der Waals surface area contributed by atoms with Crippen LogP contribution in [-0.2, 0) is 0 Å². The van der Waals surface area contributed by atoms with Crippen molar-refractivity contribution in [2.75, 3.05) is 6.54 Å². The Labute approximate surface area is 129 Å². The molecule has 2 nitrogen and oxygen atoms in total. The monoisotopic (exact) mass is 287 g/mol. The average Bonchev–Trinajstić information content (AvgIpc) is 3.19. The van der Waals surface area contributed by atoms with E-state index in [1.807, 2.05) is 0 Å². The molecule has 0 aliphatic heterocycles. The Morgan fingerprint density at radius 2 is 2.05 bits per heavy atom. The van der Waals surface area contributed by atoms with E-state index in [4.69, 9.17) is 4.74 Å². The van der Waals surface area contributed by atoms with Gasteiger partial charge in [0.1, 0.15) is 11.4 Å². The van der Waals surface area contributed by atoms with Gasteiger partial charge in [-0.05, 0) is 81.2 Å². The zero-order valence-electron chi connectivity index (χ0n) is 13.7. The molecule has 3 rings (SSSR count). The molecule has 0 spiro atoms. The Morgan fingerprint density at radius 3 is 2.57 bits per heavy atom. The highest BCUT2D eigenvalue weighted by atomic mass is 16.5.